The fraction of sp³-hybridized carbons (Fsp3) is 0.600. The van der Waals surface area contributed by atoms with Crippen LogP contribution in [0.25, 0.3) is 0 Å². The maximum absolute atomic E-state index is 12.9. The number of unbranched alkanes of at least 4 members (excludes halogenated alkanes) is 1. The molecular formula is C20H31N3O4. The summed E-state index contributed by atoms with van der Waals surface area (Å²) in [6.45, 7) is 4.66. The molecule has 1 unspecified atom stereocenters. The Morgan fingerprint density at radius 3 is 2.85 bits per heavy atom. The highest BCUT2D eigenvalue weighted by atomic mass is 16.5. The summed E-state index contributed by atoms with van der Waals surface area (Å²) in [5.74, 6) is 0.874. The number of ether oxygens (including phenoxy) is 2. The Kier molecular flexibility index (Phi) is 8.39. The van der Waals surface area contributed by atoms with Gasteiger partial charge in [0.25, 0.3) is 5.91 Å². The smallest absolute Gasteiger partial charge is 0.254 e. The number of hydrogen-bond acceptors (Lipinski definition) is 5. The first kappa shape index (κ1) is 21.0. The van der Waals surface area contributed by atoms with E-state index in [-0.39, 0.29) is 17.7 Å². The first-order valence-electron chi connectivity index (χ1n) is 9.68. The molecule has 0 bridgehead atoms. The minimum atomic E-state index is -0.187. The van der Waals surface area contributed by atoms with Crippen molar-refractivity contribution in [2.45, 2.75) is 32.6 Å². The molecule has 7 heteroatoms. The number of rotatable bonds is 9. The van der Waals surface area contributed by atoms with Crippen molar-refractivity contribution in [3.05, 3.63) is 23.8 Å². The first-order valence-corrected chi connectivity index (χ1v) is 9.68. The monoisotopic (exact) mass is 377 g/mol. The van der Waals surface area contributed by atoms with Crippen LogP contribution >= 0.6 is 0 Å². The van der Waals surface area contributed by atoms with E-state index in [0.29, 0.717) is 49.8 Å². The molecule has 1 aromatic carbocycles. The largest absolute Gasteiger partial charge is 0.493 e. The summed E-state index contributed by atoms with van der Waals surface area (Å²) in [5.41, 5.74) is 5.97. The van der Waals surface area contributed by atoms with Gasteiger partial charge in [0.05, 0.1) is 19.6 Å². The normalized spacial score (nSPS) is 16.7. The summed E-state index contributed by atoms with van der Waals surface area (Å²) in [6, 6.07) is 5.24. The Hall–Kier alpha value is -2.28. The Balaban J connectivity index is 2.04. The maximum Gasteiger partial charge on any atom is 0.254 e. The van der Waals surface area contributed by atoms with E-state index >= 15 is 0 Å². The van der Waals surface area contributed by atoms with Crippen molar-refractivity contribution in [3.8, 4) is 11.5 Å². The van der Waals surface area contributed by atoms with Crippen LogP contribution in [0.2, 0.25) is 0 Å². The Bertz CT molecular complexity index is 636. The molecule has 1 aromatic rings. The minimum Gasteiger partial charge on any atom is -0.493 e. The highest BCUT2D eigenvalue weighted by Gasteiger charge is 2.29. The second-order valence-electron chi connectivity index (χ2n) is 6.74. The number of methoxy groups -OCH3 is 1. The van der Waals surface area contributed by atoms with E-state index in [2.05, 4.69) is 12.2 Å². The molecule has 150 valence electrons. The number of hydrogen-bond donors (Lipinski definition) is 2. The van der Waals surface area contributed by atoms with Crippen molar-refractivity contribution in [2.24, 2.45) is 11.7 Å². The van der Waals surface area contributed by atoms with Gasteiger partial charge < -0.3 is 25.4 Å². The molecule has 1 saturated heterocycles. The molecular weight excluding hydrogens is 346 g/mol. The number of likely N-dealkylation sites (tertiary alicyclic amines) is 1. The molecule has 1 aliphatic heterocycles. The average molecular weight is 377 g/mol. The molecule has 1 aliphatic rings. The van der Waals surface area contributed by atoms with Gasteiger partial charge in [-0.25, -0.2) is 0 Å². The van der Waals surface area contributed by atoms with Gasteiger partial charge in [-0.05, 0) is 37.5 Å². The van der Waals surface area contributed by atoms with Crippen molar-refractivity contribution in [3.63, 3.8) is 0 Å². The van der Waals surface area contributed by atoms with Gasteiger partial charge in [0.2, 0.25) is 5.91 Å². The quantitative estimate of drug-likeness (QED) is 0.640. The van der Waals surface area contributed by atoms with Gasteiger partial charge in [-0.3, -0.25) is 9.59 Å². The molecule has 0 aromatic heterocycles. The van der Waals surface area contributed by atoms with Crippen molar-refractivity contribution in [1.29, 1.82) is 0 Å². The second kappa shape index (κ2) is 10.8. The lowest BCUT2D eigenvalue weighted by molar-refractivity contribution is -0.126. The Morgan fingerprint density at radius 1 is 1.33 bits per heavy atom. The number of piperidine rings is 1. The number of benzene rings is 1. The molecule has 0 aliphatic carbocycles. The van der Waals surface area contributed by atoms with Gasteiger partial charge in [-0.1, -0.05) is 13.3 Å². The Labute approximate surface area is 161 Å². The van der Waals surface area contributed by atoms with Crippen LogP contribution in [0.15, 0.2) is 18.2 Å². The van der Waals surface area contributed by atoms with Gasteiger partial charge in [0.1, 0.15) is 0 Å². The molecule has 3 N–H and O–H groups in total. The summed E-state index contributed by atoms with van der Waals surface area (Å²) in [4.78, 5) is 26.8. The van der Waals surface area contributed by atoms with Crippen LogP contribution in [-0.4, -0.2) is 56.6 Å². The van der Waals surface area contributed by atoms with E-state index < -0.39 is 0 Å². The van der Waals surface area contributed by atoms with Gasteiger partial charge in [-0.2, -0.15) is 0 Å². The third-order valence-corrected chi connectivity index (χ3v) is 4.69. The van der Waals surface area contributed by atoms with E-state index in [9.17, 15) is 9.59 Å². The van der Waals surface area contributed by atoms with E-state index in [1.165, 1.54) is 0 Å². The molecule has 2 amide bonds. The van der Waals surface area contributed by atoms with Crippen molar-refractivity contribution in [1.82, 2.24) is 10.2 Å². The molecule has 1 atom stereocenters. The topological polar surface area (TPSA) is 93.9 Å². The van der Waals surface area contributed by atoms with E-state index in [0.717, 1.165) is 25.7 Å². The molecule has 0 saturated carbocycles. The molecule has 1 fully saturated rings. The summed E-state index contributed by atoms with van der Waals surface area (Å²) in [7, 11) is 1.56. The summed E-state index contributed by atoms with van der Waals surface area (Å²) < 4.78 is 11.1. The highest BCUT2D eigenvalue weighted by molar-refractivity contribution is 5.95. The second-order valence-corrected chi connectivity index (χ2v) is 6.74. The van der Waals surface area contributed by atoms with Gasteiger partial charge in [-0.15, -0.1) is 0 Å². The predicted molar refractivity (Wildman–Crippen MR) is 104 cm³/mol. The number of nitrogens with zero attached hydrogens (tertiary/aromatic N) is 1. The molecule has 2 rings (SSSR count). The molecule has 1 heterocycles. The molecule has 7 nitrogen and oxygen atoms in total. The zero-order valence-electron chi connectivity index (χ0n) is 16.3. The summed E-state index contributed by atoms with van der Waals surface area (Å²) in [6.07, 6.45) is 3.61. The maximum atomic E-state index is 12.9. The van der Waals surface area contributed by atoms with Crippen LogP contribution in [-0.2, 0) is 4.79 Å². The predicted octanol–water partition coefficient (Wildman–Crippen LogP) is 1.80. The summed E-state index contributed by atoms with van der Waals surface area (Å²) in [5, 5.41) is 2.81. The van der Waals surface area contributed by atoms with Crippen LogP contribution in [0.1, 0.15) is 43.0 Å². The van der Waals surface area contributed by atoms with Gasteiger partial charge in [0, 0.05) is 31.7 Å². The lowest BCUT2D eigenvalue weighted by Gasteiger charge is -2.32. The number of nitrogens with two attached hydrogens (primary N) is 1. The van der Waals surface area contributed by atoms with Crippen LogP contribution in [0.4, 0.5) is 0 Å². The van der Waals surface area contributed by atoms with Gasteiger partial charge in [0.15, 0.2) is 11.5 Å². The number of carbonyl (C=O) groups excluding carboxylic acids is 2. The molecule has 27 heavy (non-hydrogen) atoms. The fourth-order valence-corrected chi connectivity index (χ4v) is 3.14. The summed E-state index contributed by atoms with van der Waals surface area (Å²) >= 11 is 0. The third kappa shape index (κ3) is 5.85. The van der Waals surface area contributed by atoms with Crippen LogP contribution in [0, 0.1) is 5.92 Å². The van der Waals surface area contributed by atoms with Crippen molar-refractivity contribution >= 4 is 11.8 Å². The van der Waals surface area contributed by atoms with Crippen molar-refractivity contribution in [2.75, 3.05) is 39.9 Å². The minimum absolute atomic E-state index is 0.0322. The number of amides is 2. The zero-order chi connectivity index (χ0) is 19.6. The third-order valence-electron chi connectivity index (χ3n) is 4.69. The van der Waals surface area contributed by atoms with E-state index in [1.54, 1.807) is 30.2 Å². The van der Waals surface area contributed by atoms with E-state index in [1.807, 2.05) is 0 Å². The lowest BCUT2D eigenvalue weighted by atomic mass is 9.96. The fourth-order valence-electron chi connectivity index (χ4n) is 3.14. The van der Waals surface area contributed by atoms with Crippen molar-refractivity contribution < 1.29 is 19.1 Å². The number of nitrogens with one attached hydrogen (secondary N) is 1. The zero-order valence-corrected chi connectivity index (χ0v) is 16.3. The first-order chi connectivity index (χ1) is 13.1. The number of carbonyl (C=O) groups is 2. The Morgan fingerprint density at radius 2 is 2.15 bits per heavy atom. The molecule has 0 radical (unpaired) electrons. The SMILES string of the molecule is CCCCOc1ccc(C(=O)N2CCCC(C(=O)NCCN)C2)cc1OC. The average Bonchev–Trinajstić information content (AvgIpc) is 2.71. The molecule has 0 spiro atoms. The van der Waals surface area contributed by atoms with Crippen LogP contribution in [0.5, 0.6) is 11.5 Å². The van der Waals surface area contributed by atoms with Crippen LogP contribution in [0.3, 0.4) is 0 Å². The van der Waals surface area contributed by atoms with Gasteiger partial charge >= 0.3 is 0 Å². The van der Waals surface area contributed by atoms with Crippen LogP contribution < -0.4 is 20.5 Å². The lowest BCUT2D eigenvalue weighted by Crippen LogP contribution is -2.46. The standard InChI is InChI=1S/C20H31N3O4/c1-3-4-12-27-17-8-7-15(13-18(17)26-2)20(25)23-11-5-6-16(14-23)19(24)22-10-9-21/h7-8,13,16H,3-6,9-12,14,21H2,1-2H3,(H,22,24). The van der Waals surface area contributed by atoms with E-state index in [4.69, 9.17) is 15.2 Å². The highest BCUT2D eigenvalue weighted by Crippen LogP contribution is 2.29.